The van der Waals surface area contributed by atoms with Gasteiger partial charge in [0, 0.05) is 26.7 Å². The lowest BCUT2D eigenvalue weighted by atomic mass is 10.2. The molecule has 86 valence electrons. The number of rotatable bonds is 2. The summed E-state index contributed by atoms with van der Waals surface area (Å²) in [5, 5.41) is 0. The normalized spacial score (nSPS) is 16.1. The van der Waals surface area contributed by atoms with Gasteiger partial charge in [-0.1, -0.05) is 6.07 Å². The van der Waals surface area contributed by atoms with E-state index < -0.39 is 0 Å². The van der Waals surface area contributed by atoms with Crippen LogP contribution in [0, 0.1) is 5.82 Å². The number of amides is 2. The zero-order valence-corrected chi connectivity index (χ0v) is 10.5. The molecule has 0 aromatic heterocycles. The summed E-state index contributed by atoms with van der Waals surface area (Å²) in [5.41, 5.74) is 0.928. The molecule has 1 fully saturated rings. The van der Waals surface area contributed by atoms with Gasteiger partial charge in [0.1, 0.15) is 5.82 Å². The molecule has 1 aliphatic heterocycles. The molecule has 2 amide bonds. The van der Waals surface area contributed by atoms with Crippen molar-refractivity contribution >= 4 is 22.0 Å². The largest absolute Gasteiger partial charge is 0.326 e. The van der Waals surface area contributed by atoms with Crippen LogP contribution < -0.4 is 0 Å². The van der Waals surface area contributed by atoms with Gasteiger partial charge in [0.2, 0.25) is 0 Å². The number of carbonyl (C=O) groups excluding carboxylic acids is 1. The molecule has 0 N–H and O–H groups in total. The third kappa shape index (κ3) is 2.19. The van der Waals surface area contributed by atoms with Gasteiger partial charge in [0.05, 0.1) is 4.47 Å². The Morgan fingerprint density at radius 1 is 1.44 bits per heavy atom. The number of urea groups is 1. The highest BCUT2D eigenvalue weighted by atomic mass is 79.9. The van der Waals surface area contributed by atoms with Crippen LogP contribution in [-0.2, 0) is 6.54 Å². The first-order chi connectivity index (χ1) is 7.58. The van der Waals surface area contributed by atoms with E-state index in [2.05, 4.69) is 15.9 Å². The van der Waals surface area contributed by atoms with Crippen LogP contribution >= 0.6 is 15.9 Å². The van der Waals surface area contributed by atoms with Crippen LogP contribution in [0.3, 0.4) is 0 Å². The molecule has 3 nitrogen and oxygen atoms in total. The minimum atomic E-state index is -0.284. The van der Waals surface area contributed by atoms with Gasteiger partial charge in [-0.2, -0.15) is 0 Å². The lowest BCUT2D eigenvalue weighted by Gasteiger charge is -2.16. The zero-order valence-electron chi connectivity index (χ0n) is 8.91. The summed E-state index contributed by atoms with van der Waals surface area (Å²) in [5.74, 6) is -0.284. The van der Waals surface area contributed by atoms with Gasteiger partial charge in [0.25, 0.3) is 0 Å². The zero-order chi connectivity index (χ0) is 11.7. The molecular formula is C11H12BrFN2O. The molecule has 0 spiro atoms. The lowest BCUT2D eigenvalue weighted by Crippen LogP contribution is -2.28. The second kappa shape index (κ2) is 4.41. The van der Waals surface area contributed by atoms with Crippen LogP contribution in [0.2, 0.25) is 0 Å². The third-order valence-electron chi connectivity index (χ3n) is 2.66. The van der Waals surface area contributed by atoms with E-state index in [1.54, 1.807) is 29.0 Å². The second-order valence-corrected chi connectivity index (χ2v) is 4.73. The van der Waals surface area contributed by atoms with Crippen molar-refractivity contribution in [2.75, 3.05) is 20.1 Å². The summed E-state index contributed by atoms with van der Waals surface area (Å²) in [6, 6.07) is 4.84. The van der Waals surface area contributed by atoms with Gasteiger partial charge in [-0.3, -0.25) is 0 Å². The molecule has 5 heteroatoms. The van der Waals surface area contributed by atoms with E-state index in [9.17, 15) is 9.18 Å². The van der Waals surface area contributed by atoms with Gasteiger partial charge in [-0.25, -0.2) is 9.18 Å². The minimum absolute atomic E-state index is 0.0282. The monoisotopic (exact) mass is 286 g/mol. The first-order valence-electron chi connectivity index (χ1n) is 5.02. The molecule has 1 aliphatic rings. The molecule has 0 unspecified atom stereocenters. The number of hydrogen-bond donors (Lipinski definition) is 0. The molecule has 0 saturated carbocycles. The van der Waals surface area contributed by atoms with Crippen molar-refractivity contribution < 1.29 is 9.18 Å². The minimum Gasteiger partial charge on any atom is -0.326 e. The van der Waals surface area contributed by atoms with Crippen LogP contribution in [0.4, 0.5) is 9.18 Å². The molecule has 16 heavy (non-hydrogen) atoms. The van der Waals surface area contributed by atoms with Gasteiger partial charge in [0.15, 0.2) is 0 Å². The Kier molecular flexibility index (Phi) is 3.14. The summed E-state index contributed by atoms with van der Waals surface area (Å²) in [7, 11) is 1.78. The summed E-state index contributed by atoms with van der Waals surface area (Å²) < 4.78 is 13.5. The van der Waals surface area contributed by atoms with Gasteiger partial charge in [-0.05, 0) is 33.6 Å². The van der Waals surface area contributed by atoms with E-state index in [-0.39, 0.29) is 11.8 Å². The van der Waals surface area contributed by atoms with Crippen molar-refractivity contribution in [1.29, 1.82) is 0 Å². The Bertz CT molecular complexity index is 424. The van der Waals surface area contributed by atoms with Crippen LogP contribution in [0.15, 0.2) is 22.7 Å². The van der Waals surface area contributed by atoms with E-state index in [0.29, 0.717) is 11.0 Å². The Morgan fingerprint density at radius 2 is 2.19 bits per heavy atom. The van der Waals surface area contributed by atoms with E-state index in [0.717, 1.165) is 18.7 Å². The van der Waals surface area contributed by atoms with E-state index in [1.807, 2.05) is 0 Å². The predicted octanol–water partition coefficient (Wildman–Crippen LogP) is 2.46. The topological polar surface area (TPSA) is 23.6 Å². The quantitative estimate of drug-likeness (QED) is 0.819. The smallest absolute Gasteiger partial charge is 0.320 e. The van der Waals surface area contributed by atoms with E-state index in [4.69, 9.17) is 0 Å². The molecule has 0 atom stereocenters. The highest BCUT2D eigenvalue weighted by Gasteiger charge is 2.24. The van der Waals surface area contributed by atoms with E-state index in [1.165, 1.54) is 6.07 Å². The molecule has 0 bridgehead atoms. The number of benzene rings is 1. The molecule has 1 aromatic carbocycles. The lowest BCUT2D eigenvalue weighted by molar-refractivity contribution is 0.197. The summed E-state index contributed by atoms with van der Waals surface area (Å²) in [6.45, 7) is 2.01. The van der Waals surface area contributed by atoms with Crippen molar-refractivity contribution in [1.82, 2.24) is 9.80 Å². The average Bonchev–Trinajstić information content (AvgIpc) is 2.55. The number of likely N-dealkylation sites (N-methyl/N-ethyl adjacent to an activating group) is 1. The van der Waals surface area contributed by atoms with Crippen LogP contribution in [0.25, 0.3) is 0 Å². The maximum absolute atomic E-state index is 13.0. The van der Waals surface area contributed by atoms with Crippen LogP contribution in [0.5, 0.6) is 0 Å². The van der Waals surface area contributed by atoms with Gasteiger partial charge >= 0.3 is 6.03 Å². The Morgan fingerprint density at radius 3 is 2.75 bits per heavy atom. The number of hydrogen-bond acceptors (Lipinski definition) is 1. The highest BCUT2D eigenvalue weighted by molar-refractivity contribution is 9.10. The first kappa shape index (κ1) is 11.4. The Hall–Kier alpha value is -1.10. The molecule has 1 heterocycles. The van der Waals surface area contributed by atoms with Crippen LogP contribution in [0.1, 0.15) is 5.56 Å². The highest BCUT2D eigenvalue weighted by Crippen LogP contribution is 2.19. The molecule has 0 radical (unpaired) electrons. The average molecular weight is 287 g/mol. The van der Waals surface area contributed by atoms with Crippen molar-refractivity contribution in [3.05, 3.63) is 34.1 Å². The SMILES string of the molecule is CN1CCN(Cc2ccc(F)c(Br)c2)C1=O. The molecular weight excluding hydrogens is 275 g/mol. The third-order valence-corrected chi connectivity index (χ3v) is 3.27. The molecule has 2 rings (SSSR count). The molecule has 0 aliphatic carbocycles. The summed E-state index contributed by atoms with van der Waals surface area (Å²) in [4.78, 5) is 15.1. The number of halogens is 2. The predicted molar refractivity (Wildman–Crippen MR) is 62.5 cm³/mol. The standard InChI is InChI=1S/C11H12BrFN2O/c1-14-4-5-15(11(14)16)7-8-2-3-10(13)9(12)6-8/h2-3,6H,4-5,7H2,1H3. The number of carbonyl (C=O) groups is 1. The van der Waals surface area contributed by atoms with Crippen molar-refractivity contribution in [2.45, 2.75) is 6.54 Å². The van der Waals surface area contributed by atoms with Gasteiger partial charge in [-0.15, -0.1) is 0 Å². The van der Waals surface area contributed by atoms with Crippen molar-refractivity contribution in [2.24, 2.45) is 0 Å². The molecule has 1 saturated heterocycles. The van der Waals surface area contributed by atoms with E-state index >= 15 is 0 Å². The fourth-order valence-corrected chi connectivity index (χ4v) is 2.13. The Labute approximate surface area is 102 Å². The summed E-state index contributed by atoms with van der Waals surface area (Å²) >= 11 is 3.13. The first-order valence-corrected chi connectivity index (χ1v) is 5.81. The maximum Gasteiger partial charge on any atom is 0.320 e. The molecule has 1 aromatic rings. The van der Waals surface area contributed by atoms with Gasteiger partial charge < -0.3 is 9.80 Å². The second-order valence-electron chi connectivity index (χ2n) is 3.87. The Balaban J connectivity index is 2.10. The van der Waals surface area contributed by atoms with Crippen molar-refractivity contribution in [3.8, 4) is 0 Å². The van der Waals surface area contributed by atoms with Crippen molar-refractivity contribution in [3.63, 3.8) is 0 Å². The maximum atomic E-state index is 13.0. The number of nitrogens with zero attached hydrogens (tertiary/aromatic N) is 2. The summed E-state index contributed by atoms with van der Waals surface area (Å²) in [6.07, 6.45) is 0. The van der Waals surface area contributed by atoms with Crippen LogP contribution in [-0.4, -0.2) is 36.0 Å². The fraction of sp³-hybridized carbons (Fsp3) is 0.364. The fourth-order valence-electron chi connectivity index (χ4n) is 1.71.